The molecule has 1 aliphatic carbocycles. The Morgan fingerprint density at radius 3 is 3.32 bits per heavy atom. The minimum absolute atomic E-state index is 0.0293. The number of thiophene rings is 1. The molecule has 4 nitrogen and oxygen atoms in total. The third-order valence-corrected chi connectivity index (χ3v) is 4.70. The largest absolute Gasteiger partial charge is 0.346 e. The third-order valence-electron chi connectivity index (χ3n) is 3.64. The van der Waals surface area contributed by atoms with Crippen molar-refractivity contribution in [1.29, 1.82) is 0 Å². The van der Waals surface area contributed by atoms with Crippen LogP contribution in [0.25, 0.3) is 0 Å². The van der Waals surface area contributed by atoms with E-state index >= 15 is 0 Å². The van der Waals surface area contributed by atoms with E-state index in [9.17, 15) is 4.79 Å². The Bertz CT molecular complexity index is 574. The predicted molar refractivity (Wildman–Crippen MR) is 75.3 cm³/mol. The molecular weight excluding hydrogens is 258 g/mol. The van der Waals surface area contributed by atoms with Gasteiger partial charge in [-0.2, -0.15) is 5.10 Å². The van der Waals surface area contributed by atoms with Gasteiger partial charge in [0.2, 0.25) is 0 Å². The van der Waals surface area contributed by atoms with Gasteiger partial charge in [0, 0.05) is 16.5 Å². The summed E-state index contributed by atoms with van der Waals surface area (Å²) in [6, 6.07) is 1.87. The normalized spacial score (nSPS) is 18.1. The minimum atomic E-state index is 0.0293. The van der Waals surface area contributed by atoms with Gasteiger partial charge >= 0.3 is 0 Å². The van der Waals surface area contributed by atoms with E-state index in [2.05, 4.69) is 22.4 Å². The fourth-order valence-corrected chi connectivity index (χ4v) is 3.77. The van der Waals surface area contributed by atoms with Crippen molar-refractivity contribution in [1.82, 2.24) is 15.5 Å². The molecule has 2 N–H and O–H groups in total. The molecule has 0 aliphatic heterocycles. The first-order chi connectivity index (χ1) is 9.24. The number of carbonyl (C=O) groups is 1. The van der Waals surface area contributed by atoms with E-state index < -0.39 is 0 Å². The highest BCUT2D eigenvalue weighted by atomic mass is 32.1. The first-order valence-electron chi connectivity index (χ1n) is 6.59. The van der Waals surface area contributed by atoms with Crippen LogP contribution in [0.3, 0.4) is 0 Å². The molecule has 0 radical (unpaired) electrons. The SMILES string of the molecule is CC1CCc2c(C(=O)NCc3ccn[nH]3)csc2C1. The summed E-state index contributed by atoms with van der Waals surface area (Å²) in [5, 5.41) is 11.7. The number of carbonyl (C=O) groups excluding carboxylic acids is 1. The Labute approximate surface area is 116 Å². The molecule has 0 saturated carbocycles. The number of nitrogens with zero attached hydrogens (tertiary/aromatic N) is 1. The molecular formula is C14H17N3OS. The highest BCUT2D eigenvalue weighted by molar-refractivity contribution is 7.10. The van der Waals surface area contributed by atoms with E-state index in [1.165, 1.54) is 16.9 Å². The average molecular weight is 275 g/mol. The van der Waals surface area contributed by atoms with Gasteiger partial charge in [-0.1, -0.05) is 6.92 Å². The Kier molecular flexibility index (Phi) is 3.38. The molecule has 2 heterocycles. The smallest absolute Gasteiger partial charge is 0.252 e. The molecule has 0 spiro atoms. The van der Waals surface area contributed by atoms with E-state index in [1.54, 1.807) is 17.5 Å². The lowest BCUT2D eigenvalue weighted by Gasteiger charge is -2.18. The molecule has 2 aromatic rings. The molecule has 1 aliphatic rings. The van der Waals surface area contributed by atoms with Crippen LogP contribution >= 0.6 is 11.3 Å². The summed E-state index contributed by atoms with van der Waals surface area (Å²) < 4.78 is 0. The molecule has 19 heavy (non-hydrogen) atoms. The fourth-order valence-electron chi connectivity index (χ4n) is 2.52. The van der Waals surface area contributed by atoms with Crippen LogP contribution < -0.4 is 5.32 Å². The van der Waals surface area contributed by atoms with Crippen LogP contribution in [-0.4, -0.2) is 16.1 Å². The Hall–Kier alpha value is -1.62. The number of nitrogens with one attached hydrogen (secondary N) is 2. The van der Waals surface area contributed by atoms with E-state index in [0.717, 1.165) is 30.0 Å². The van der Waals surface area contributed by atoms with Gasteiger partial charge in [0.15, 0.2) is 0 Å². The lowest BCUT2D eigenvalue weighted by atomic mass is 9.88. The van der Waals surface area contributed by atoms with Gasteiger partial charge in [0.1, 0.15) is 0 Å². The average Bonchev–Trinajstić information content (AvgIpc) is 3.04. The second-order valence-corrected chi connectivity index (χ2v) is 6.13. The Balaban J connectivity index is 1.70. The zero-order valence-electron chi connectivity index (χ0n) is 10.9. The van der Waals surface area contributed by atoms with Gasteiger partial charge in [-0.3, -0.25) is 9.89 Å². The van der Waals surface area contributed by atoms with Crippen LogP contribution in [0.1, 0.15) is 39.8 Å². The topological polar surface area (TPSA) is 57.8 Å². The van der Waals surface area contributed by atoms with Crippen LogP contribution in [0.15, 0.2) is 17.6 Å². The predicted octanol–water partition coefficient (Wildman–Crippen LogP) is 2.53. The molecule has 0 saturated heterocycles. The number of aromatic nitrogens is 2. The van der Waals surface area contributed by atoms with Crippen molar-refractivity contribution >= 4 is 17.2 Å². The molecule has 1 amide bonds. The van der Waals surface area contributed by atoms with Crippen LogP contribution in [0.4, 0.5) is 0 Å². The van der Waals surface area contributed by atoms with Gasteiger partial charge in [-0.25, -0.2) is 0 Å². The van der Waals surface area contributed by atoms with Crippen LogP contribution in [0.2, 0.25) is 0 Å². The number of amides is 1. The number of rotatable bonds is 3. The lowest BCUT2D eigenvalue weighted by molar-refractivity contribution is 0.0949. The number of fused-ring (bicyclic) bond motifs is 1. The summed E-state index contributed by atoms with van der Waals surface area (Å²) in [6.07, 6.45) is 5.03. The maximum absolute atomic E-state index is 12.2. The highest BCUT2D eigenvalue weighted by Crippen LogP contribution is 2.32. The van der Waals surface area contributed by atoms with Crippen LogP contribution in [0.5, 0.6) is 0 Å². The highest BCUT2D eigenvalue weighted by Gasteiger charge is 2.22. The van der Waals surface area contributed by atoms with E-state index in [0.29, 0.717) is 6.54 Å². The summed E-state index contributed by atoms with van der Waals surface area (Å²) in [6.45, 7) is 2.78. The van der Waals surface area contributed by atoms with Gasteiger partial charge in [-0.05, 0) is 36.8 Å². The molecule has 1 atom stereocenters. The van der Waals surface area contributed by atoms with E-state index in [-0.39, 0.29) is 5.91 Å². The monoisotopic (exact) mass is 275 g/mol. The molecule has 3 rings (SSSR count). The standard InChI is InChI=1S/C14H17N3OS/c1-9-2-3-11-12(8-19-13(11)6-9)14(18)15-7-10-4-5-16-17-10/h4-5,8-9H,2-3,6-7H2,1H3,(H,15,18)(H,16,17). The van der Waals surface area contributed by atoms with Crippen LogP contribution in [-0.2, 0) is 19.4 Å². The second kappa shape index (κ2) is 5.17. The van der Waals surface area contributed by atoms with Crippen molar-refractivity contribution in [3.63, 3.8) is 0 Å². The summed E-state index contributed by atoms with van der Waals surface area (Å²) >= 11 is 1.73. The first kappa shape index (κ1) is 12.4. The molecule has 5 heteroatoms. The Morgan fingerprint density at radius 1 is 1.63 bits per heavy atom. The second-order valence-electron chi connectivity index (χ2n) is 5.16. The summed E-state index contributed by atoms with van der Waals surface area (Å²) in [4.78, 5) is 13.6. The molecule has 0 bridgehead atoms. The van der Waals surface area contributed by atoms with Crippen molar-refractivity contribution in [2.75, 3.05) is 0 Å². The number of aromatic amines is 1. The fraction of sp³-hybridized carbons (Fsp3) is 0.429. The van der Waals surface area contributed by atoms with Crippen molar-refractivity contribution < 1.29 is 4.79 Å². The van der Waals surface area contributed by atoms with E-state index in [1.807, 2.05) is 11.4 Å². The third kappa shape index (κ3) is 2.56. The lowest BCUT2D eigenvalue weighted by Crippen LogP contribution is -2.24. The Morgan fingerprint density at radius 2 is 2.53 bits per heavy atom. The molecule has 2 aromatic heterocycles. The molecule has 100 valence electrons. The summed E-state index contributed by atoms with van der Waals surface area (Å²) in [5.74, 6) is 0.772. The van der Waals surface area contributed by atoms with Crippen LogP contribution in [0, 0.1) is 5.92 Å². The minimum Gasteiger partial charge on any atom is -0.346 e. The zero-order valence-corrected chi connectivity index (χ0v) is 11.7. The summed E-state index contributed by atoms with van der Waals surface area (Å²) in [7, 11) is 0. The van der Waals surface area contributed by atoms with Crippen molar-refractivity contribution in [2.45, 2.75) is 32.7 Å². The molecule has 0 fully saturated rings. The van der Waals surface area contributed by atoms with E-state index in [4.69, 9.17) is 0 Å². The van der Waals surface area contributed by atoms with Gasteiger partial charge in [-0.15, -0.1) is 11.3 Å². The molecule has 0 aromatic carbocycles. The number of H-pyrrole nitrogens is 1. The first-order valence-corrected chi connectivity index (χ1v) is 7.47. The zero-order chi connectivity index (χ0) is 13.2. The van der Waals surface area contributed by atoms with Gasteiger partial charge in [0.25, 0.3) is 5.91 Å². The maximum Gasteiger partial charge on any atom is 0.252 e. The maximum atomic E-state index is 12.2. The van der Waals surface area contributed by atoms with Crippen molar-refractivity contribution in [3.8, 4) is 0 Å². The van der Waals surface area contributed by atoms with Crippen molar-refractivity contribution in [3.05, 3.63) is 39.3 Å². The summed E-state index contributed by atoms with van der Waals surface area (Å²) in [5.41, 5.74) is 3.06. The molecule has 1 unspecified atom stereocenters. The van der Waals surface area contributed by atoms with Crippen molar-refractivity contribution in [2.24, 2.45) is 5.92 Å². The number of hydrogen-bond acceptors (Lipinski definition) is 3. The quantitative estimate of drug-likeness (QED) is 0.904. The van der Waals surface area contributed by atoms with Gasteiger partial charge < -0.3 is 5.32 Å². The number of hydrogen-bond donors (Lipinski definition) is 2. The van der Waals surface area contributed by atoms with Gasteiger partial charge in [0.05, 0.1) is 17.8 Å².